The Bertz CT molecular complexity index is 213. The van der Waals surface area contributed by atoms with Crippen LogP contribution in [0.2, 0.25) is 0 Å². The highest BCUT2D eigenvalue weighted by molar-refractivity contribution is 5.27. The third kappa shape index (κ3) is 1.32. The molecule has 2 rings (SSSR count). The molecule has 1 aliphatic heterocycles. The lowest BCUT2D eigenvalue weighted by Gasteiger charge is -2.26. The largest absolute Gasteiger partial charge is 0.497 e. The van der Waals surface area contributed by atoms with Crippen LogP contribution in [0.25, 0.3) is 0 Å². The first kappa shape index (κ1) is 6.96. The van der Waals surface area contributed by atoms with E-state index in [1.54, 1.807) is 0 Å². The van der Waals surface area contributed by atoms with Crippen LogP contribution in [0.4, 0.5) is 0 Å². The fourth-order valence-corrected chi connectivity index (χ4v) is 1.72. The maximum Gasteiger partial charge on any atom is 0.0994 e. The van der Waals surface area contributed by atoms with E-state index in [-0.39, 0.29) is 0 Å². The third-order valence-electron chi connectivity index (χ3n) is 2.33. The fourth-order valence-electron chi connectivity index (χ4n) is 1.72. The van der Waals surface area contributed by atoms with Gasteiger partial charge >= 0.3 is 0 Å². The molecular weight excluding hydrogens is 136 g/mol. The van der Waals surface area contributed by atoms with Gasteiger partial charge in [-0.1, -0.05) is 19.1 Å². The Morgan fingerprint density at radius 2 is 2.45 bits per heavy atom. The lowest BCUT2D eigenvalue weighted by molar-refractivity contribution is 0.141. The summed E-state index contributed by atoms with van der Waals surface area (Å²) in [7, 11) is 0. The quantitative estimate of drug-likeness (QED) is 0.516. The molecule has 0 radical (unpaired) electrons. The minimum atomic E-state index is 0.705. The molecule has 0 aromatic rings. The van der Waals surface area contributed by atoms with E-state index in [0.29, 0.717) is 5.92 Å². The molecule has 1 aliphatic carbocycles. The molecule has 2 aliphatic rings. The first-order valence-electron chi connectivity index (χ1n) is 4.37. The van der Waals surface area contributed by atoms with Crippen LogP contribution in [0.1, 0.15) is 26.2 Å². The molecular formula is C10H14O. The highest BCUT2D eigenvalue weighted by Crippen LogP contribution is 2.29. The molecule has 11 heavy (non-hydrogen) atoms. The monoisotopic (exact) mass is 150 g/mol. The normalized spacial score (nSPS) is 29.7. The molecule has 0 fully saturated rings. The van der Waals surface area contributed by atoms with E-state index in [1.165, 1.54) is 17.8 Å². The van der Waals surface area contributed by atoms with E-state index in [1.807, 2.05) is 0 Å². The number of hydrogen-bond acceptors (Lipinski definition) is 1. The molecule has 0 saturated heterocycles. The Kier molecular flexibility index (Phi) is 1.72. The van der Waals surface area contributed by atoms with Crippen molar-refractivity contribution in [2.24, 2.45) is 5.92 Å². The van der Waals surface area contributed by atoms with Crippen LogP contribution >= 0.6 is 0 Å². The Hall–Kier alpha value is -0.720. The molecule has 0 amide bonds. The Labute approximate surface area is 67.7 Å². The summed E-state index contributed by atoms with van der Waals surface area (Å²) in [6.45, 7) is 3.17. The van der Waals surface area contributed by atoms with E-state index >= 15 is 0 Å². The standard InChI is InChI=1S/C10H14O/c1-8-6-9-4-2-3-5-10(9)11-7-8/h2,4,8H,3,5-7H2,1H3. The van der Waals surface area contributed by atoms with Crippen LogP contribution in [0, 0.1) is 5.92 Å². The van der Waals surface area contributed by atoms with Gasteiger partial charge in [0.15, 0.2) is 0 Å². The van der Waals surface area contributed by atoms with Crippen molar-refractivity contribution in [3.8, 4) is 0 Å². The molecule has 0 spiro atoms. The van der Waals surface area contributed by atoms with Crippen molar-refractivity contribution < 1.29 is 4.74 Å². The predicted octanol–water partition coefficient (Wildman–Crippen LogP) is 2.65. The molecule has 0 aromatic carbocycles. The average Bonchev–Trinajstić information content (AvgIpc) is 2.04. The number of rotatable bonds is 0. The summed E-state index contributed by atoms with van der Waals surface area (Å²) in [5.74, 6) is 1.96. The Morgan fingerprint density at radius 3 is 3.36 bits per heavy atom. The van der Waals surface area contributed by atoms with Crippen molar-refractivity contribution in [1.29, 1.82) is 0 Å². The fraction of sp³-hybridized carbons (Fsp3) is 0.600. The lowest BCUT2D eigenvalue weighted by atomic mass is 9.93. The molecule has 60 valence electrons. The average molecular weight is 150 g/mol. The van der Waals surface area contributed by atoms with E-state index < -0.39 is 0 Å². The van der Waals surface area contributed by atoms with Gasteiger partial charge in [0.2, 0.25) is 0 Å². The van der Waals surface area contributed by atoms with Crippen molar-refractivity contribution in [3.05, 3.63) is 23.5 Å². The van der Waals surface area contributed by atoms with Crippen molar-refractivity contribution in [1.82, 2.24) is 0 Å². The molecule has 1 atom stereocenters. The molecule has 1 nitrogen and oxygen atoms in total. The number of ether oxygens (including phenoxy) is 1. The highest BCUT2D eigenvalue weighted by atomic mass is 16.5. The van der Waals surface area contributed by atoms with Crippen LogP contribution in [-0.2, 0) is 4.74 Å². The summed E-state index contributed by atoms with van der Waals surface area (Å²) in [6.07, 6.45) is 7.98. The second-order valence-electron chi connectivity index (χ2n) is 3.51. The summed E-state index contributed by atoms with van der Waals surface area (Å²) in [5, 5.41) is 0. The van der Waals surface area contributed by atoms with Crippen LogP contribution in [0.5, 0.6) is 0 Å². The van der Waals surface area contributed by atoms with Crippen molar-refractivity contribution in [2.45, 2.75) is 26.2 Å². The predicted molar refractivity (Wildman–Crippen MR) is 45.1 cm³/mol. The van der Waals surface area contributed by atoms with Crippen molar-refractivity contribution >= 4 is 0 Å². The molecule has 1 heteroatoms. The number of allylic oxidation sites excluding steroid dienone is 4. The zero-order valence-corrected chi connectivity index (χ0v) is 6.97. The second-order valence-corrected chi connectivity index (χ2v) is 3.51. The van der Waals surface area contributed by atoms with Gasteiger partial charge in [0.05, 0.1) is 12.4 Å². The van der Waals surface area contributed by atoms with Gasteiger partial charge in [-0.05, 0) is 24.3 Å². The Balaban J connectivity index is 2.19. The van der Waals surface area contributed by atoms with Gasteiger partial charge in [0.1, 0.15) is 0 Å². The molecule has 0 aromatic heterocycles. The smallest absolute Gasteiger partial charge is 0.0994 e. The van der Waals surface area contributed by atoms with Gasteiger partial charge < -0.3 is 4.74 Å². The zero-order chi connectivity index (χ0) is 7.68. The van der Waals surface area contributed by atoms with E-state index in [9.17, 15) is 0 Å². The molecule has 0 bridgehead atoms. The first-order chi connectivity index (χ1) is 5.36. The maximum atomic E-state index is 5.62. The molecule has 0 N–H and O–H groups in total. The van der Waals surface area contributed by atoms with Crippen molar-refractivity contribution in [3.63, 3.8) is 0 Å². The minimum absolute atomic E-state index is 0.705. The van der Waals surface area contributed by atoms with Crippen LogP contribution in [-0.4, -0.2) is 6.61 Å². The molecule has 1 unspecified atom stereocenters. The van der Waals surface area contributed by atoms with E-state index in [0.717, 1.165) is 19.4 Å². The van der Waals surface area contributed by atoms with E-state index in [4.69, 9.17) is 4.74 Å². The third-order valence-corrected chi connectivity index (χ3v) is 2.33. The maximum absolute atomic E-state index is 5.62. The van der Waals surface area contributed by atoms with Crippen LogP contribution in [0.3, 0.4) is 0 Å². The first-order valence-corrected chi connectivity index (χ1v) is 4.37. The zero-order valence-electron chi connectivity index (χ0n) is 6.97. The van der Waals surface area contributed by atoms with Crippen molar-refractivity contribution in [2.75, 3.05) is 6.61 Å². The summed E-state index contributed by atoms with van der Waals surface area (Å²) >= 11 is 0. The summed E-state index contributed by atoms with van der Waals surface area (Å²) < 4.78 is 5.62. The van der Waals surface area contributed by atoms with Gasteiger partial charge in [-0.2, -0.15) is 0 Å². The van der Waals surface area contributed by atoms with Gasteiger partial charge in [-0.25, -0.2) is 0 Å². The van der Waals surface area contributed by atoms with Crippen LogP contribution in [0.15, 0.2) is 23.5 Å². The SMILES string of the molecule is CC1COC2=C(C=CCC2)C1. The van der Waals surface area contributed by atoms with E-state index in [2.05, 4.69) is 19.1 Å². The van der Waals surface area contributed by atoms with Gasteiger partial charge in [0, 0.05) is 6.42 Å². The van der Waals surface area contributed by atoms with Gasteiger partial charge in [-0.3, -0.25) is 0 Å². The Morgan fingerprint density at radius 1 is 1.55 bits per heavy atom. The van der Waals surface area contributed by atoms with Gasteiger partial charge in [0.25, 0.3) is 0 Å². The summed E-state index contributed by atoms with van der Waals surface area (Å²) in [5.41, 5.74) is 1.44. The van der Waals surface area contributed by atoms with Gasteiger partial charge in [-0.15, -0.1) is 0 Å². The minimum Gasteiger partial charge on any atom is -0.497 e. The van der Waals surface area contributed by atoms with Crippen LogP contribution < -0.4 is 0 Å². The second kappa shape index (κ2) is 2.72. The molecule has 1 heterocycles. The topological polar surface area (TPSA) is 9.23 Å². The summed E-state index contributed by atoms with van der Waals surface area (Å²) in [4.78, 5) is 0. The lowest BCUT2D eigenvalue weighted by Crippen LogP contribution is -2.15. The highest BCUT2D eigenvalue weighted by Gasteiger charge is 2.18. The molecule has 0 saturated carbocycles. The summed E-state index contributed by atoms with van der Waals surface area (Å²) in [6, 6.07) is 0. The number of hydrogen-bond donors (Lipinski definition) is 0.